The summed E-state index contributed by atoms with van der Waals surface area (Å²) in [7, 11) is -3.60. The van der Waals surface area contributed by atoms with Crippen LogP contribution in [0.4, 0.5) is 0 Å². The molecule has 0 fully saturated rings. The number of hydrogen-bond donors (Lipinski definition) is 2. The van der Waals surface area contributed by atoms with Crippen molar-refractivity contribution in [3.05, 3.63) is 66.0 Å². The third-order valence-electron chi connectivity index (χ3n) is 3.13. The Morgan fingerprint density at radius 3 is 2.48 bits per heavy atom. The van der Waals surface area contributed by atoms with Crippen molar-refractivity contribution in [2.75, 3.05) is 6.16 Å². The topological polar surface area (TPSA) is 87.5 Å². The molecule has 2 rings (SSSR count). The normalized spacial score (nSPS) is 15.1. The summed E-state index contributed by atoms with van der Waals surface area (Å²) in [6.07, 6.45) is 2.62. The van der Waals surface area contributed by atoms with Crippen LogP contribution in [0.2, 0.25) is 0 Å². The highest BCUT2D eigenvalue weighted by atomic mass is 31.2. The predicted octanol–water partition coefficient (Wildman–Crippen LogP) is 2.72. The van der Waals surface area contributed by atoms with Gasteiger partial charge in [0.15, 0.2) is 0 Å². The number of carboxylic acids is 1. The van der Waals surface area contributed by atoms with Crippen LogP contribution in [-0.2, 0) is 15.5 Å². The first-order chi connectivity index (χ1) is 9.98. The number of carboxylic acid groups (broad SMARTS) is 1. The Hall–Kier alpha value is -1.97. The van der Waals surface area contributed by atoms with Gasteiger partial charge in [-0.25, -0.2) is 0 Å². The Bertz CT molecular complexity index is 645. The second kappa shape index (κ2) is 6.66. The molecule has 1 aromatic carbocycles. The van der Waals surface area contributed by atoms with Crippen molar-refractivity contribution in [2.24, 2.45) is 0 Å². The second-order valence-corrected chi connectivity index (χ2v) is 7.22. The lowest BCUT2D eigenvalue weighted by atomic mass is 10.0. The minimum absolute atomic E-state index is 0.0299. The number of carbonyl (C=O) groups is 1. The number of hydrogen-bond acceptors (Lipinski definition) is 3. The van der Waals surface area contributed by atoms with Crippen molar-refractivity contribution in [1.82, 2.24) is 4.98 Å². The molecule has 2 atom stereocenters. The van der Waals surface area contributed by atoms with E-state index < -0.39 is 19.3 Å². The van der Waals surface area contributed by atoms with E-state index in [-0.39, 0.29) is 12.3 Å². The lowest BCUT2D eigenvalue weighted by Gasteiger charge is -2.17. The second-order valence-electron chi connectivity index (χ2n) is 4.85. The number of nitrogens with zero attached hydrogens (tertiary/aromatic N) is 1. The van der Waals surface area contributed by atoms with Crippen molar-refractivity contribution in [3.63, 3.8) is 0 Å². The summed E-state index contributed by atoms with van der Waals surface area (Å²) in [4.78, 5) is 25.4. The Morgan fingerprint density at radius 2 is 1.90 bits per heavy atom. The first-order valence-electron chi connectivity index (χ1n) is 6.45. The molecule has 0 aliphatic rings. The van der Waals surface area contributed by atoms with Gasteiger partial charge in [-0.3, -0.25) is 14.3 Å². The molecule has 0 saturated heterocycles. The Balaban J connectivity index is 2.16. The van der Waals surface area contributed by atoms with Crippen molar-refractivity contribution >= 4 is 13.3 Å². The molecular weight excluding hydrogens is 289 g/mol. The minimum atomic E-state index is -3.60. The predicted molar refractivity (Wildman–Crippen MR) is 79.5 cm³/mol. The van der Waals surface area contributed by atoms with E-state index in [1.54, 1.807) is 36.4 Å². The maximum atomic E-state index is 12.3. The Kier molecular flexibility index (Phi) is 4.89. The molecule has 1 aromatic heterocycles. The highest BCUT2D eigenvalue weighted by molar-refractivity contribution is 7.57. The van der Waals surface area contributed by atoms with E-state index in [4.69, 9.17) is 0 Å². The molecule has 0 bridgehead atoms. The average Bonchev–Trinajstić information content (AvgIpc) is 2.46. The third-order valence-corrected chi connectivity index (χ3v) is 4.92. The number of pyridine rings is 1. The smallest absolute Gasteiger partial charge is 0.311 e. The van der Waals surface area contributed by atoms with Gasteiger partial charge in [0.25, 0.3) is 0 Å². The van der Waals surface area contributed by atoms with Crippen LogP contribution in [0.1, 0.15) is 17.0 Å². The van der Waals surface area contributed by atoms with Gasteiger partial charge in [-0.15, -0.1) is 0 Å². The SMILES string of the molecule is O=C(O)C(CP(=O)(O)Cc1ccccc1)c1cccnc1. The molecule has 0 aliphatic heterocycles. The van der Waals surface area contributed by atoms with Crippen LogP contribution in [-0.4, -0.2) is 27.1 Å². The molecule has 2 aromatic rings. The lowest BCUT2D eigenvalue weighted by Crippen LogP contribution is -2.16. The lowest BCUT2D eigenvalue weighted by molar-refractivity contribution is -0.138. The van der Waals surface area contributed by atoms with Crippen LogP contribution in [0.25, 0.3) is 0 Å². The highest BCUT2D eigenvalue weighted by Crippen LogP contribution is 2.48. The van der Waals surface area contributed by atoms with Gasteiger partial charge >= 0.3 is 5.97 Å². The molecule has 0 amide bonds. The minimum Gasteiger partial charge on any atom is -0.481 e. The first kappa shape index (κ1) is 15.4. The maximum absolute atomic E-state index is 12.3. The van der Waals surface area contributed by atoms with E-state index in [2.05, 4.69) is 4.98 Å². The maximum Gasteiger partial charge on any atom is 0.311 e. The summed E-state index contributed by atoms with van der Waals surface area (Å²) in [6.45, 7) is 0. The quantitative estimate of drug-likeness (QED) is 0.801. The van der Waals surface area contributed by atoms with E-state index in [9.17, 15) is 19.4 Å². The van der Waals surface area contributed by atoms with Crippen LogP contribution in [0.15, 0.2) is 54.9 Å². The van der Waals surface area contributed by atoms with Crippen LogP contribution < -0.4 is 0 Å². The van der Waals surface area contributed by atoms with Gasteiger partial charge in [0.2, 0.25) is 7.37 Å². The molecule has 0 spiro atoms. The zero-order chi connectivity index (χ0) is 15.3. The largest absolute Gasteiger partial charge is 0.481 e. The molecule has 2 unspecified atom stereocenters. The zero-order valence-corrected chi connectivity index (χ0v) is 12.2. The number of benzene rings is 1. The summed E-state index contributed by atoms with van der Waals surface area (Å²) < 4.78 is 12.3. The van der Waals surface area contributed by atoms with Gasteiger partial charge in [0.1, 0.15) is 0 Å². The molecule has 1 heterocycles. The van der Waals surface area contributed by atoms with Crippen molar-refractivity contribution in [2.45, 2.75) is 12.1 Å². The standard InChI is InChI=1S/C15H16NO4P/c17-15(18)14(13-7-4-8-16-9-13)11-21(19,20)10-12-5-2-1-3-6-12/h1-9,14H,10-11H2,(H,17,18)(H,19,20). The van der Waals surface area contributed by atoms with E-state index in [1.165, 1.54) is 12.4 Å². The van der Waals surface area contributed by atoms with Gasteiger partial charge in [-0.1, -0.05) is 36.4 Å². The molecule has 6 heteroatoms. The monoisotopic (exact) mass is 305 g/mol. The number of rotatable bonds is 6. The highest BCUT2D eigenvalue weighted by Gasteiger charge is 2.30. The fourth-order valence-corrected chi connectivity index (χ4v) is 3.97. The van der Waals surface area contributed by atoms with Crippen molar-refractivity contribution in [1.29, 1.82) is 0 Å². The van der Waals surface area contributed by atoms with Crippen LogP contribution >= 0.6 is 7.37 Å². The molecule has 2 N–H and O–H groups in total. The number of aromatic nitrogens is 1. The third kappa shape index (κ3) is 4.52. The summed E-state index contributed by atoms with van der Waals surface area (Å²) in [5.41, 5.74) is 1.16. The fraction of sp³-hybridized carbons (Fsp3) is 0.200. The van der Waals surface area contributed by atoms with Gasteiger partial charge in [-0.05, 0) is 17.2 Å². The molecule has 110 valence electrons. The van der Waals surface area contributed by atoms with Crippen LogP contribution in [0.3, 0.4) is 0 Å². The molecule has 0 aliphatic carbocycles. The van der Waals surface area contributed by atoms with Gasteiger partial charge in [-0.2, -0.15) is 0 Å². The van der Waals surface area contributed by atoms with Crippen LogP contribution in [0.5, 0.6) is 0 Å². The van der Waals surface area contributed by atoms with E-state index in [1.807, 2.05) is 6.07 Å². The summed E-state index contributed by atoms with van der Waals surface area (Å²) in [6, 6.07) is 12.1. The summed E-state index contributed by atoms with van der Waals surface area (Å²) in [5.74, 6) is -2.15. The Morgan fingerprint density at radius 1 is 1.19 bits per heavy atom. The molecule has 21 heavy (non-hydrogen) atoms. The first-order valence-corrected chi connectivity index (χ1v) is 8.48. The van der Waals surface area contributed by atoms with Crippen LogP contribution in [0, 0.1) is 0 Å². The molecule has 0 radical (unpaired) electrons. The zero-order valence-electron chi connectivity index (χ0n) is 11.3. The van der Waals surface area contributed by atoms with E-state index in [0.717, 1.165) is 5.56 Å². The Labute approximate surface area is 122 Å². The van der Waals surface area contributed by atoms with Crippen molar-refractivity contribution < 1.29 is 19.4 Å². The van der Waals surface area contributed by atoms with Gasteiger partial charge < -0.3 is 10.00 Å². The van der Waals surface area contributed by atoms with Crippen molar-refractivity contribution in [3.8, 4) is 0 Å². The fourth-order valence-electron chi connectivity index (χ4n) is 2.13. The van der Waals surface area contributed by atoms with E-state index >= 15 is 0 Å². The molecule has 5 nitrogen and oxygen atoms in total. The summed E-state index contributed by atoms with van der Waals surface area (Å²) >= 11 is 0. The average molecular weight is 305 g/mol. The molecule has 0 saturated carbocycles. The molecular formula is C15H16NO4P. The van der Waals surface area contributed by atoms with Gasteiger partial charge in [0.05, 0.1) is 5.92 Å². The van der Waals surface area contributed by atoms with E-state index in [0.29, 0.717) is 5.56 Å². The van der Waals surface area contributed by atoms with Gasteiger partial charge in [0, 0.05) is 24.7 Å². The summed E-state index contributed by atoms with van der Waals surface area (Å²) in [5, 5.41) is 9.30. The number of aliphatic carboxylic acids is 1.